The highest BCUT2D eigenvalue weighted by Crippen LogP contribution is 2.31. The number of aliphatic carboxylic acids is 1. The summed E-state index contributed by atoms with van der Waals surface area (Å²) in [4.78, 5) is 38.1. The third-order valence-corrected chi connectivity index (χ3v) is 5.07. The first-order chi connectivity index (χ1) is 9.42. The second-order valence-corrected chi connectivity index (χ2v) is 6.64. The summed E-state index contributed by atoms with van der Waals surface area (Å²) in [7, 11) is 0. The number of hydrogen-bond donors (Lipinski definition) is 1. The molecule has 7 heteroatoms. The van der Waals surface area contributed by atoms with E-state index in [2.05, 4.69) is 0 Å². The van der Waals surface area contributed by atoms with Crippen molar-refractivity contribution in [1.82, 2.24) is 9.80 Å². The third kappa shape index (κ3) is 3.26. The molecule has 2 amide bonds. The van der Waals surface area contributed by atoms with Crippen molar-refractivity contribution in [3.05, 3.63) is 0 Å². The van der Waals surface area contributed by atoms with Gasteiger partial charge in [-0.05, 0) is 19.8 Å². The molecule has 2 aliphatic rings. The van der Waals surface area contributed by atoms with Crippen LogP contribution in [0.1, 0.15) is 26.2 Å². The molecule has 0 radical (unpaired) electrons. The number of carbonyl (C=O) groups is 3. The van der Waals surface area contributed by atoms with Crippen molar-refractivity contribution in [3.8, 4) is 0 Å². The Bertz CT molecular complexity index is 419. The van der Waals surface area contributed by atoms with Crippen molar-refractivity contribution in [2.75, 3.05) is 31.9 Å². The lowest BCUT2D eigenvalue weighted by Crippen LogP contribution is -2.45. The van der Waals surface area contributed by atoms with Gasteiger partial charge < -0.3 is 14.9 Å². The highest BCUT2D eigenvalue weighted by Gasteiger charge is 2.38. The quantitative estimate of drug-likeness (QED) is 0.845. The van der Waals surface area contributed by atoms with Gasteiger partial charge in [0, 0.05) is 38.4 Å². The number of amides is 2. The Morgan fingerprint density at radius 2 is 1.95 bits per heavy atom. The van der Waals surface area contributed by atoms with E-state index in [9.17, 15) is 14.4 Å². The molecule has 0 unspecified atom stereocenters. The average Bonchev–Trinajstić information content (AvgIpc) is 2.82. The zero-order valence-electron chi connectivity index (χ0n) is 11.6. The van der Waals surface area contributed by atoms with Gasteiger partial charge in [-0.25, -0.2) is 0 Å². The van der Waals surface area contributed by atoms with E-state index < -0.39 is 11.4 Å². The molecule has 0 aromatic heterocycles. The summed E-state index contributed by atoms with van der Waals surface area (Å²) >= 11 is 1.29. The number of hydrogen-bond acceptors (Lipinski definition) is 4. The van der Waals surface area contributed by atoms with Crippen LogP contribution in [0.5, 0.6) is 0 Å². The molecule has 0 atom stereocenters. The lowest BCUT2D eigenvalue weighted by Gasteiger charge is -2.36. The van der Waals surface area contributed by atoms with Crippen molar-refractivity contribution >= 4 is 28.9 Å². The number of nitrogens with zero attached hydrogens (tertiary/aromatic N) is 2. The van der Waals surface area contributed by atoms with Gasteiger partial charge in [0.1, 0.15) is 0 Å². The lowest BCUT2D eigenvalue weighted by molar-refractivity contribution is -0.153. The summed E-state index contributed by atoms with van der Waals surface area (Å²) in [5.74, 6) is 0.0275. The highest BCUT2D eigenvalue weighted by molar-refractivity contribution is 8.13. The molecule has 1 N–H and O–H groups in total. The largest absolute Gasteiger partial charge is 0.481 e. The van der Waals surface area contributed by atoms with Crippen LogP contribution in [0.15, 0.2) is 0 Å². The zero-order valence-corrected chi connectivity index (χ0v) is 12.4. The normalized spacial score (nSPS) is 22.1. The zero-order chi connectivity index (χ0) is 14.8. The molecule has 2 rings (SSSR count). The SMILES string of the molecule is CC1(C(=O)O)CCN(C(=O)CCN2CCSC2=O)CC1. The first-order valence-electron chi connectivity index (χ1n) is 6.85. The summed E-state index contributed by atoms with van der Waals surface area (Å²) in [5, 5.41) is 9.20. The van der Waals surface area contributed by atoms with Gasteiger partial charge in [-0.15, -0.1) is 0 Å². The van der Waals surface area contributed by atoms with Crippen LogP contribution in [-0.2, 0) is 9.59 Å². The first-order valence-corrected chi connectivity index (χ1v) is 7.84. The molecule has 6 nitrogen and oxygen atoms in total. The number of rotatable bonds is 4. The maximum absolute atomic E-state index is 12.1. The maximum atomic E-state index is 12.1. The molecule has 0 bridgehead atoms. The van der Waals surface area contributed by atoms with E-state index in [1.807, 2.05) is 0 Å². The number of carboxylic acids is 1. The smallest absolute Gasteiger partial charge is 0.309 e. The second-order valence-electron chi connectivity index (χ2n) is 5.60. The third-order valence-electron chi connectivity index (χ3n) is 4.18. The topological polar surface area (TPSA) is 77.9 Å². The van der Waals surface area contributed by atoms with Crippen LogP contribution in [-0.4, -0.2) is 64.0 Å². The number of carbonyl (C=O) groups excluding carboxylic acids is 2. The van der Waals surface area contributed by atoms with Crippen molar-refractivity contribution in [2.24, 2.45) is 5.41 Å². The van der Waals surface area contributed by atoms with Crippen molar-refractivity contribution in [1.29, 1.82) is 0 Å². The van der Waals surface area contributed by atoms with Crippen LogP contribution in [0.25, 0.3) is 0 Å². The Hall–Kier alpha value is -1.24. The predicted octanol–water partition coefficient (Wildman–Crippen LogP) is 1.26. The fraction of sp³-hybridized carbons (Fsp3) is 0.769. The molecule has 0 aromatic carbocycles. The minimum Gasteiger partial charge on any atom is -0.481 e. The highest BCUT2D eigenvalue weighted by atomic mass is 32.2. The van der Waals surface area contributed by atoms with Gasteiger partial charge in [-0.2, -0.15) is 0 Å². The molecule has 2 heterocycles. The Balaban J connectivity index is 1.77. The lowest BCUT2D eigenvalue weighted by atomic mass is 9.80. The van der Waals surface area contributed by atoms with Crippen molar-refractivity contribution < 1.29 is 19.5 Å². The van der Waals surface area contributed by atoms with Crippen molar-refractivity contribution in [3.63, 3.8) is 0 Å². The van der Waals surface area contributed by atoms with E-state index in [1.54, 1.807) is 16.7 Å². The summed E-state index contributed by atoms with van der Waals surface area (Å²) in [6, 6.07) is 0. The van der Waals surface area contributed by atoms with Gasteiger partial charge >= 0.3 is 5.97 Å². The minimum atomic E-state index is -0.788. The van der Waals surface area contributed by atoms with Crippen LogP contribution < -0.4 is 0 Å². The van der Waals surface area contributed by atoms with Crippen molar-refractivity contribution in [2.45, 2.75) is 26.2 Å². The van der Waals surface area contributed by atoms with Crippen LogP contribution in [0, 0.1) is 5.41 Å². The van der Waals surface area contributed by atoms with Gasteiger partial charge in [-0.3, -0.25) is 14.4 Å². The number of carboxylic acid groups (broad SMARTS) is 1. The van der Waals surface area contributed by atoms with E-state index in [4.69, 9.17) is 5.11 Å². The van der Waals surface area contributed by atoms with Gasteiger partial charge in [0.15, 0.2) is 0 Å². The number of piperidine rings is 1. The summed E-state index contributed by atoms with van der Waals surface area (Å²) in [6.07, 6.45) is 1.31. The summed E-state index contributed by atoms with van der Waals surface area (Å²) < 4.78 is 0. The molecule has 0 aliphatic carbocycles. The molecule has 0 spiro atoms. The van der Waals surface area contributed by atoms with Gasteiger partial charge in [0.2, 0.25) is 5.91 Å². The Kier molecular flexibility index (Phi) is 4.57. The maximum Gasteiger partial charge on any atom is 0.309 e. The molecule has 20 heavy (non-hydrogen) atoms. The van der Waals surface area contributed by atoms with Crippen LogP contribution in [0.2, 0.25) is 0 Å². The monoisotopic (exact) mass is 300 g/mol. The molecular formula is C13H20N2O4S. The predicted molar refractivity (Wildman–Crippen MR) is 75.6 cm³/mol. The fourth-order valence-corrected chi connectivity index (χ4v) is 3.33. The van der Waals surface area contributed by atoms with E-state index in [1.165, 1.54) is 11.8 Å². The summed E-state index contributed by atoms with van der Waals surface area (Å²) in [6.45, 7) is 3.90. The molecule has 0 aromatic rings. The molecule has 112 valence electrons. The Labute approximate surface area is 122 Å². The van der Waals surface area contributed by atoms with Crippen LogP contribution in [0.4, 0.5) is 4.79 Å². The Morgan fingerprint density at radius 3 is 2.45 bits per heavy atom. The number of thioether (sulfide) groups is 1. The van der Waals surface area contributed by atoms with Gasteiger partial charge in [-0.1, -0.05) is 11.8 Å². The second kappa shape index (κ2) is 6.03. The van der Waals surface area contributed by atoms with E-state index >= 15 is 0 Å². The summed E-state index contributed by atoms with van der Waals surface area (Å²) in [5.41, 5.74) is -0.710. The van der Waals surface area contributed by atoms with E-state index in [0.29, 0.717) is 45.4 Å². The van der Waals surface area contributed by atoms with E-state index in [0.717, 1.165) is 5.75 Å². The molecule has 2 aliphatic heterocycles. The van der Waals surface area contributed by atoms with Gasteiger partial charge in [0.25, 0.3) is 5.24 Å². The molecular weight excluding hydrogens is 280 g/mol. The van der Waals surface area contributed by atoms with Crippen LogP contribution in [0.3, 0.4) is 0 Å². The molecule has 2 saturated heterocycles. The van der Waals surface area contributed by atoms with E-state index in [-0.39, 0.29) is 11.1 Å². The number of likely N-dealkylation sites (tertiary alicyclic amines) is 1. The standard InChI is InChI=1S/C13H20N2O4S/c1-13(11(17)18)3-6-14(7-4-13)10(16)2-5-15-8-9-20-12(15)19/h2-9H2,1H3,(H,17,18). The fourth-order valence-electron chi connectivity index (χ4n) is 2.48. The molecule has 2 fully saturated rings. The minimum absolute atomic E-state index is 0.0159. The first kappa shape index (κ1) is 15.2. The average molecular weight is 300 g/mol. The van der Waals surface area contributed by atoms with Gasteiger partial charge in [0.05, 0.1) is 5.41 Å². The molecule has 0 saturated carbocycles. The Morgan fingerprint density at radius 1 is 1.30 bits per heavy atom. The van der Waals surface area contributed by atoms with Crippen LogP contribution >= 0.6 is 11.8 Å².